The van der Waals surface area contributed by atoms with Gasteiger partial charge in [-0.05, 0) is 38.1 Å². The van der Waals surface area contributed by atoms with Gasteiger partial charge in [-0.25, -0.2) is 4.39 Å². The standard InChI is InChI=1S/C16H20FN3O/c1-13(21)14-4-5-16(15(17)12-14)20-10-8-19(9-11-20)7-3-2-6-18/h4-5,12H,2-3,7-11H2,1H3. The van der Waals surface area contributed by atoms with Crippen LogP contribution in [-0.2, 0) is 0 Å². The molecule has 21 heavy (non-hydrogen) atoms. The average Bonchev–Trinajstić information content (AvgIpc) is 2.48. The van der Waals surface area contributed by atoms with Crippen LogP contribution in [0, 0.1) is 17.1 Å². The molecule has 1 aromatic carbocycles. The quantitative estimate of drug-likeness (QED) is 0.617. The fraction of sp³-hybridized carbons (Fsp3) is 0.500. The highest BCUT2D eigenvalue weighted by Crippen LogP contribution is 2.22. The minimum absolute atomic E-state index is 0.122. The zero-order valence-electron chi connectivity index (χ0n) is 12.3. The molecular weight excluding hydrogens is 269 g/mol. The highest BCUT2D eigenvalue weighted by atomic mass is 19.1. The lowest BCUT2D eigenvalue weighted by atomic mass is 10.1. The number of rotatable bonds is 5. The number of hydrogen-bond donors (Lipinski definition) is 0. The van der Waals surface area contributed by atoms with E-state index in [1.807, 2.05) is 4.90 Å². The van der Waals surface area contributed by atoms with Gasteiger partial charge in [0.15, 0.2) is 5.78 Å². The second kappa shape index (κ2) is 7.19. The maximum absolute atomic E-state index is 14.1. The molecule has 1 fully saturated rings. The van der Waals surface area contributed by atoms with Gasteiger partial charge in [-0.1, -0.05) is 0 Å². The van der Waals surface area contributed by atoms with Crippen molar-refractivity contribution in [3.05, 3.63) is 29.6 Å². The Morgan fingerprint density at radius 3 is 2.62 bits per heavy atom. The van der Waals surface area contributed by atoms with Gasteiger partial charge in [-0.2, -0.15) is 5.26 Å². The van der Waals surface area contributed by atoms with Gasteiger partial charge < -0.3 is 4.90 Å². The molecule has 1 aliphatic heterocycles. The first-order valence-corrected chi connectivity index (χ1v) is 7.26. The first-order valence-electron chi connectivity index (χ1n) is 7.26. The smallest absolute Gasteiger partial charge is 0.159 e. The van der Waals surface area contributed by atoms with Gasteiger partial charge >= 0.3 is 0 Å². The molecule has 2 rings (SSSR count). The number of anilines is 1. The van der Waals surface area contributed by atoms with Crippen LogP contribution in [0.2, 0.25) is 0 Å². The molecule has 5 heteroatoms. The van der Waals surface area contributed by atoms with E-state index < -0.39 is 0 Å². The predicted octanol–water partition coefficient (Wildman–Crippen LogP) is 2.45. The monoisotopic (exact) mass is 289 g/mol. The van der Waals surface area contributed by atoms with Crippen molar-refractivity contribution >= 4 is 11.5 Å². The Morgan fingerprint density at radius 1 is 1.33 bits per heavy atom. The fourth-order valence-electron chi connectivity index (χ4n) is 2.58. The van der Waals surface area contributed by atoms with E-state index in [2.05, 4.69) is 11.0 Å². The fourth-order valence-corrected chi connectivity index (χ4v) is 2.58. The summed E-state index contributed by atoms with van der Waals surface area (Å²) in [4.78, 5) is 15.6. The number of unbranched alkanes of at least 4 members (excludes halogenated alkanes) is 1. The highest BCUT2D eigenvalue weighted by Gasteiger charge is 2.19. The summed E-state index contributed by atoms with van der Waals surface area (Å²) in [5.74, 6) is -0.455. The van der Waals surface area contributed by atoms with E-state index in [4.69, 9.17) is 5.26 Å². The summed E-state index contributed by atoms with van der Waals surface area (Å²) >= 11 is 0. The molecule has 1 heterocycles. The highest BCUT2D eigenvalue weighted by molar-refractivity contribution is 5.94. The molecule has 4 nitrogen and oxygen atoms in total. The van der Waals surface area contributed by atoms with Crippen molar-refractivity contribution in [1.29, 1.82) is 5.26 Å². The van der Waals surface area contributed by atoms with Gasteiger partial charge in [0.1, 0.15) is 5.82 Å². The van der Waals surface area contributed by atoms with E-state index >= 15 is 0 Å². The number of halogens is 1. The molecule has 0 radical (unpaired) electrons. The Hall–Kier alpha value is -1.93. The van der Waals surface area contributed by atoms with Crippen molar-refractivity contribution in [1.82, 2.24) is 4.90 Å². The van der Waals surface area contributed by atoms with Gasteiger partial charge in [0, 0.05) is 38.2 Å². The van der Waals surface area contributed by atoms with Gasteiger partial charge in [-0.15, -0.1) is 0 Å². The summed E-state index contributed by atoms with van der Waals surface area (Å²) in [5, 5.41) is 8.54. The molecule has 1 saturated heterocycles. The molecule has 0 bridgehead atoms. The molecule has 0 unspecified atom stereocenters. The van der Waals surface area contributed by atoms with E-state index in [-0.39, 0.29) is 11.6 Å². The van der Waals surface area contributed by atoms with E-state index in [0.29, 0.717) is 17.7 Å². The summed E-state index contributed by atoms with van der Waals surface area (Å²) in [7, 11) is 0. The van der Waals surface area contributed by atoms with E-state index in [1.54, 1.807) is 12.1 Å². The first-order chi connectivity index (χ1) is 10.1. The summed E-state index contributed by atoms with van der Waals surface area (Å²) in [6.07, 6.45) is 1.47. The Morgan fingerprint density at radius 2 is 2.05 bits per heavy atom. The Labute approximate surface area is 124 Å². The van der Waals surface area contributed by atoms with Crippen LogP contribution in [0.15, 0.2) is 18.2 Å². The number of ketones is 1. The average molecular weight is 289 g/mol. The first kappa shape index (κ1) is 15.5. The molecule has 0 amide bonds. The Kier molecular flexibility index (Phi) is 5.29. The number of benzene rings is 1. The Balaban J connectivity index is 1.93. The number of piperazine rings is 1. The molecule has 1 aliphatic rings. The molecule has 1 aromatic rings. The van der Waals surface area contributed by atoms with Crippen LogP contribution in [0.3, 0.4) is 0 Å². The van der Waals surface area contributed by atoms with Crippen LogP contribution in [0.5, 0.6) is 0 Å². The number of carbonyl (C=O) groups is 1. The number of Topliss-reactive ketones (excluding diaryl/α,β-unsaturated/α-hetero) is 1. The predicted molar refractivity (Wildman–Crippen MR) is 79.9 cm³/mol. The van der Waals surface area contributed by atoms with E-state index in [9.17, 15) is 9.18 Å². The van der Waals surface area contributed by atoms with E-state index in [0.717, 1.165) is 39.1 Å². The second-order valence-electron chi connectivity index (χ2n) is 5.31. The topological polar surface area (TPSA) is 47.3 Å². The zero-order chi connectivity index (χ0) is 15.2. The minimum atomic E-state index is -0.333. The molecule has 0 saturated carbocycles. The summed E-state index contributed by atoms with van der Waals surface area (Å²) in [5.41, 5.74) is 0.975. The van der Waals surface area contributed by atoms with Crippen molar-refractivity contribution in [3.8, 4) is 6.07 Å². The second-order valence-corrected chi connectivity index (χ2v) is 5.31. The van der Waals surface area contributed by atoms with Crippen molar-refractivity contribution in [2.45, 2.75) is 19.8 Å². The summed E-state index contributed by atoms with van der Waals surface area (Å²) < 4.78 is 14.1. The summed E-state index contributed by atoms with van der Waals surface area (Å²) in [6.45, 7) is 5.64. The lowest BCUT2D eigenvalue weighted by molar-refractivity contribution is 0.101. The SMILES string of the molecule is CC(=O)c1ccc(N2CCN(CCCC#N)CC2)c(F)c1. The largest absolute Gasteiger partial charge is 0.367 e. The van der Waals surface area contributed by atoms with Crippen molar-refractivity contribution in [3.63, 3.8) is 0 Å². The van der Waals surface area contributed by atoms with Crippen LogP contribution in [0.4, 0.5) is 10.1 Å². The number of hydrogen-bond acceptors (Lipinski definition) is 4. The number of nitriles is 1. The molecule has 0 spiro atoms. The molecule has 112 valence electrons. The lowest BCUT2D eigenvalue weighted by Crippen LogP contribution is -2.46. The summed E-state index contributed by atoms with van der Waals surface area (Å²) in [6, 6.07) is 6.84. The minimum Gasteiger partial charge on any atom is -0.367 e. The third-order valence-electron chi connectivity index (χ3n) is 3.83. The van der Waals surface area contributed by atoms with Crippen LogP contribution in [-0.4, -0.2) is 43.4 Å². The number of carbonyl (C=O) groups excluding carboxylic acids is 1. The maximum Gasteiger partial charge on any atom is 0.159 e. The maximum atomic E-state index is 14.1. The Bertz CT molecular complexity index is 545. The van der Waals surface area contributed by atoms with Gasteiger partial charge in [-0.3, -0.25) is 9.69 Å². The normalized spacial score (nSPS) is 15.8. The molecule has 0 N–H and O–H groups in total. The van der Waals surface area contributed by atoms with Crippen molar-refractivity contribution in [2.24, 2.45) is 0 Å². The zero-order valence-corrected chi connectivity index (χ0v) is 12.3. The molecule has 0 atom stereocenters. The van der Waals surface area contributed by atoms with Crippen LogP contribution in [0.25, 0.3) is 0 Å². The third kappa shape index (κ3) is 4.02. The van der Waals surface area contributed by atoms with Gasteiger partial charge in [0.05, 0.1) is 11.8 Å². The van der Waals surface area contributed by atoms with Crippen LogP contribution in [0.1, 0.15) is 30.1 Å². The molecular formula is C16H20FN3O. The van der Waals surface area contributed by atoms with Crippen LogP contribution < -0.4 is 4.90 Å². The number of nitrogens with zero attached hydrogens (tertiary/aromatic N) is 3. The molecule has 0 aromatic heterocycles. The van der Waals surface area contributed by atoms with Gasteiger partial charge in [0.25, 0.3) is 0 Å². The van der Waals surface area contributed by atoms with Crippen molar-refractivity contribution < 1.29 is 9.18 Å². The van der Waals surface area contributed by atoms with Gasteiger partial charge in [0.2, 0.25) is 0 Å². The van der Waals surface area contributed by atoms with Crippen LogP contribution >= 0.6 is 0 Å². The molecule has 0 aliphatic carbocycles. The van der Waals surface area contributed by atoms with E-state index in [1.165, 1.54) is 13.0 Å². The van der Waals surface area contributed by atoms with Crippen molar-refractivity contribution in [2.75, 3.05) is 37.6 Å². The third-order valence-corrected chi connectivity index (χ3v) is 3.83. The lowest BCUT2D eigenvalue weighted by Gasteiger charge is -2.36.